The van der Waals surface area contributed by atoms with Gasteiger partial charge < -0.3 is 5.73 Å². The minimum atomic E-state index is 0.344. The molecule has 0 fully saturated rings. The van der Waals surface area contributed by atoms with E-state index < -0.39 is 0 Å². The number of nitrogens with zero attached hydrogens (tertiary/aromatic N) is 1. The third-order valence-corrected chi connectivity index (χ3v) is 1.91. The molecule has 0 saturated heterocycles. The maximum atomic E-state index is 5.79. The van der Waals surface area contributed by atoms with E-state index in [0.29, 0.717) is 12.0 Å². The van der Waals surface area contributed by atoms with Crippen molar-refractivity contribution >= 4 is 6.21 Å². The Balaban J connectivity index is 2.33. The Bertz CT molecular complexity index is 109. The molecule has 0 saturated carbocycles. The molecule has 0 spiro atoms. The highest BCUT2D eigenvalue weighted by Gasteiger charge is 2.16. The first-order chi connectivity index (χ1) is 4.34. The van der Waals surface area contributed by atoms with E-state index in [1.807, 2.05) is 6.21 Å². The summed E-state index contributed by atoms with van der Waals surface area (Å²) in [5.74, 6) is 0.565. The molecule has 52 valence electrons. The van der Waals surface area contributed by atoms with Crippen LogP contribution in [-0.2, 0) is 0 Å². The molecule has 1 aliphatic rings. The highest BCUT2D eigenvalue weighted by Crippen LogP contribution is 2.12. The summed E-state index contributed by atoms with van der Waals surface area (Å²) in [6.45, 7) is 3.11. The molecule has 2 unspecified atom stereocenters. The van der Waals surface area contributed by atoms with Crippen LogP contribution in [0.15, 0.2) is 4.99 Å². The lowest BCUT2D eigenvalue weighted by atomic mass is 9.98. The standard InChI is InChI=1S/C7H14N2/c1-2-7(8)6-3-4-9-5-6/h5-7H,2-4,8H2,1H3. The molecule has 0 aliphatic carbocycles. The van der Waals surface area contributed by atoms with Crippen LogP contribution in [0.4, 0.5) is 0 Å². The molecule has 2 nitrogen and oxygen atoms in total. The summed E-state index contributed by atoms with van der Waals surface area (Å²) in [4.78, 5) is 4.13. The van der Waals surface area contributed by atoms with Gasteiger partial charge in [-0.15, -0.1) is 0 Å². The summed E-state index contributed by atoms with van der Waals surface area (Å²) < 4.78 is 0. The van der Waals surface area contributed by atoms with E-state index in [1.54, 1.807) is 0 Å². The fraction of sp³-hybridized carbons (Fsp3) is 0.857. The molecule has 0 aromatic carbocycles. The SMILES string of the molecule is CCC(N)C1C=NCC1. The van der Waals surface area contributed by atoms with E-state index in [2.05, 4.69) is 11.9 Å². The molecule has 0 radical (unpaired) electrons. The van der Waals surface area contributed by atoms with E-state index in [-0.39, 0.29) is 0 Å². The molecule has 2 atom stereocenters. The van der Waals surface area contributed by atoms with Crippen molar-refractivity contribution in [3.05, 3.63) is 0 Å². The molecule has 0 amide bonds. The fourth-order valence-corrected chi connectivity index (χ4v) is 1.14. The van der Waals surface area contributed by atoms with Crippen LogP contribution in [0, 0.1) is 5.92 Å². The van der Waals surface area contributed by atoms with Crippen LogP contribution in [0.2, 0.25) is 0 Å². The second-order valence-electron chi connectivity index (χ2n) is 2.58. The molecule has 9 heavy (non-hydrogen) atoms. The van der Waals surface area contributed by atoms with E-state index in [0.717, 1.165) is 19.4 Å². The Morgan fingerprint density at radius 1 is 1.89 bits per heavy atom. The van der Waals surface area contributed by atoms with Gasteiger partial charge in [0.1, 0.15) is 0 Å². The summed E-state index contributed by atoms with van der Waals surface area (Å²) in [5, 5.41) is 0. The van der Waals surface area contributed by atoms with Crippen molar-refractivity contribution in [2.75, 3.05) is 6.54 Å². The highest BCUT2D eigenvalue weighted by atomic mass is 14.8. The van der Waals surface area contributed by atoms with Gasteiger partial charge in [0.15, 0.2) is 0 Å². The van der Waals surface area contributed by atoms with Crippen molar-refractivity contribution in [3.63, 3.8) is 0 Å². The molecule has 1 rings (SSSR count). The predicted octanol–water partition coefficient (Wildman–Crippen LogP) is 0.814. The van der Waals surface area contributed by atoms with Crippen LogP contribution in [0.25, 0.3) is 0 Å². The summed E-state index contributed by atoms with van der Waals surface area (Å²) in [6.07, 6.45) is 4.24. The Labute approximate surface area is 56.2 Å². The number of rotatable bonds is 2. The van der Waals surface area contributed by atoms with Gasteiger partial charge in [-0.05, 0) is 12.8 Å². The van der Waals surface area contributed by atoms with Gasteiger partial charge in [-0.1, -0.05) is 6.92 Å². The molecule has 1 aliphatic heterocycles. The molecule has 0 aromatic heterocycles. The Morgan fingerprint density at radius 3 is 3.11 bits per heavy atom. The number of aliphatic imine (C=N–C) groups is 1. The maximum absolute atomic E-state index is 5.79. The van der Waals surface area contributed by atoms with Crippen LogP contribution < -0.4 is 5.73 Å². The van der Waals surface area contributed by atoms with E-state index in [9.17, 15) is 0 Å². The summed E-state index contributed by atoms with van der Waals surface area (Å²) >= 11 is 0. The molecule has 2 N–H and O–H groups in total. The first-order valence-electron chi connectivity index (χ1n) is 3.60. The van der Waals surface area contributed by atoms with Crippen molar-refractivity contribution in [2.45, 2.75) is 25.8 Å². The molecule has 0 aromatic rings. The van der Waals surface area contributed by atoms with Gasteiger partial charge in [0.05, 0.1) is 0 Å². The van der Waals surface area contributed by atoms with Gasteiger partial charge in [0.25, 0.3) is 0 Å². The van der Waals surface area contributed by atoms with Crippen LogP contribution in [0.3, 0.4) is 0 Å². The van der Waals surface area contributed by atoms with Gasteiger partial charge in [0, 0.05) is 24.7 Å². The van der Waals surface area contributed by atoms with Gasteiger partial charge in [-0.3, -0.25) is 4.99 Å². The molecule has 0 bridgehead atoms. The lowest BCUT2D eigenvalue weighted by molar-refractivity contribution is 0.516. The average molecular weight is 126 g/mol. The van der Waals surface area contributed by atoms with Gasteiger partial charge in [0.2, 0.25) is 0 Å². The zero-order valence-corrected chi connectivity index (χ0v) is 5.88. The second kappa shape index (κ2) is 2.97. The van der Waals surface area contributed by atoms with Crippen LogP contribution >= 0.6 is 0 Å². The first-order valence-corrected chi connectivity index (χ1v) is 3.60. The van der Waals surface area contributed by atoms with Gasteiger partial charge in [-0.2, -0.15) is 0 Å². The number of hydrogen-bond acceptors (Lipinski definition) is 2. The quantitative estimate of drug-likeness (QED) is 0.584. The minimum absolute atomic E-state index is 0.344. The van der Waals surface area contributed by atoms with Crippen molar-refractivity contribution in [2.24, 2.45) is 16.6 Å². The lowest BCUT2D eigenvalue weighted by Gasteiger charge is -2.12. The smallest absolute Gasteiger partial charge is 0.0392 e. The third kappa shape index (κ3) is 1.52. The lowest BCUT2D eigenvalue weighted by Crippen LogP contribution is -2.28. The van der Waals surface area contributed by atoms with Gasteiger partial charge >= 0.3 is 0 Å². The number of nitrogens with two attached hydrogens (primary N) is 1. The van der Waals surface area contributed by atoms with Crippen molar-refractivity contribution in [1.82, 2.24) is 0 Å². The second-order valence-corrected chi connectivity index (χ2v) is 2.58. The average Bonchev–Trinajstić information content (AvgIpc) is 2.37. The van der Waals surface area contributed by atoms with E-state index in [1.165, 1.54) is 0 Å². The van der Waals surface area contributed by atoms with Crippen LogP contribution in [-0.4, -0.2) is 18.8 Å². The Kier molecular flexibility index (Phi) is 2.22. The zero-order valence-electron chi connectivity index (χ0n) is 5.88. The zero-order chi connectivity index (χ0) is 6.69. The summed E-state index contributed by atoms with van der Waals surface area (Å²) in [7, 11) is 0. The molecular weight excluding hydrogens is 112 g/mol. The first kappa shape index (κ1) is 6.75. The minimum Gasteiger partial charge on any atom is -0.327 e. The predicted molar refractivity (Wildman–Crippen MR) is 39.7 cm³/mol. The monoisotopic (exact) mass is 126 g/mol. The summed E-state index contributed by atoms with van der Waals surface area (Å²) in [6, 6.07) is 0.344. The third-order valence-electron chi connectivity index (χ3n) is 1.91. The van der Waals surface area contributed by atoms with Crippen molar-refractivity contribution < 1.29 is 0 Å². The molecule has 1 heterocycles. The normalized spacial score (nSPS) is 28.9. The van der Waals surface area contributed by atoms with Crippen LogP contribution in [0.1, 0.15) is 19.8 Å². The largest absolute Gasteiger partial charge is 0.327 e. The topological polar surface area (TPSA) is 38.4 Å². The van der Waals surface area contributed by atoms with Crippen LogP contribution in [0.5, 0.6) is 0 Å². The van der Waals surface area contributed by atoms with E-state index >= 15 is 0 Å². The molecule has 2 heteroatoms. The maximum Gasteiger partial charge on any atom is 0.0392 e. The van der Waals surface area contributed by atoms with Crippen molar-refractivity contribution in [1.29, 1.82) is 0 Å². The fourth-order valence-electron chi connectivity index (χ4n) is 1.14. The van der Waals surface area contributed by atoms with Crippen molar-refractivity contribution in [3.8, 4) is 0 Å². The summed E-state index contributed by atoms with van der Waals surface area (Å²) in [5.41, 5.74) is 5.79. The highest BCUT2D eigenvalue weighted by molar-refractivity contribution is 5.63. The number of hydrogen-bond donors (Lipinski definition) is 1. The molecular formula is C7H14N2. The van der Waals surface area contributed by atoms with E-state index in [4.69, 9.17) is 5.73 Å². The van der Waals surface area contributed by atoms with Gasteiger partial charge in [-0.25, -0.2) is 0 Å². The Morgan fingerprint density at radius 2 is 2.67 bits per heavy atom. The Hall–Kier alpha value is -0.370.